The highest BCUT2D eigenvalue weighted by atomic mass is 28.3. The first-order valence-electron chi connectivity index (χ1n) is 7.78. The van der Waals surface area contributed by atoms with E-state index in [-0.39, 0.29) is 0 Å². The topological polar surface area (TPSA) is 38.9 Å². The van der Waals surface area contributed by atoms with Crippen molar-refractivity contribution in [2.24, 2.45) is 0 Å². The molecule has 0 spiro atoms. The van der Waals surface area contributed by atoms with Crippen LogP contribution in [0.2, 0.25) is 19.6 Å². The van der Waals surface area contributed by atoms with Gasteiger partial charge in [0, 0.05) is 28.7 Å². The standard InChI is InChI=1S/C19H18N2OSi/c1-23(2,3)16-10-9-13(15-8-4-5-11-20-15)18-17(16)14-7-6-12-21-19(14)22-18/h4-12H,1-3H3. The van der Waals surface area contributed by atoms with Crippen LogP contribution in [-0.4, -0.2) is 18.0 Å². The molecule has 3 aromatic heterocycles. The number of hydrogen-bond acceptors (Lipinski definition) is 3. The third-order valence-corrected chi connectivity index (χ3v) is 6.18. The summed E-state index contributed by atoms with van der Waals surface area (Å²) in [6.07, 6.45) is 3.59. The quantitative estimate of drug-likeness (QED) is 0.507. The Bertz CT molecular complexity index is 1000. The summed E-state index contributed by atoms with van der Waals surface area (Å²) in [6.45, 7) is 7.08. The van der Waals surface area contributed by atoms with E-state index in [2.05, 4.69) is 47.8 Å². The van der Waals surface area contributed by atoms with E-state index < -0.39 is 8.07 Å². The van der Waals surface area contributed by atoms with Crippen LogP contribution < -0.4 is 5.19 Å². The van der Waals surface area contributed by atoms with E-state index in [1.807, 2.05) is 30.5 Å². The molecule has 0 unspecified atom stereocenters. The average Bonchev–Trinajstić information content (AvgIpc) is 2.93. The fraction of sp³-hybridized carbons (Fsp3) is 0.158. The van der Waals surface area contributed by atoms with Crippen LogP contribution in [0.25, 0.3) is 33.3 Å². The lowest BCUT2D eigenvalue weighted by atomic mass is 10.1. The zero-order valence-corrected chi connectivity index (χ0v) is 14.5. The molecule has 4 aromatic rings. The van der Waals surface area contributed by atoms with E-state index in [1.165, 1.54) is 10.6 Å². The Morgan fingerprint density at radius 3 is 2.43 bits per heavy atom. The zero-order chi connectivity index (χ0) is 16.0. The number of furan rings is 1. The van der Waals surface area contributed by atoms with Crippen LogP contribution in [0.5, 0.6) is 0 Å². The highest BCUT2D eigenvalue weighted by molar-refractivity contribution is 6.90. The molecule has 0 bridgehead atoms. The summed E-state index contributed by atoms with van der Waals surface area (Å²) in [5.74, 6) is 0. The first-order valence-corrected chi connectivity index (χ1v) is 11.3. The van der Waals surface area contributed by atoms with Gasteiger partial charge in [-0.25, -0.2) is 4.98 Å². The molecule has 0 amide bonds. The second-order valence-electron chi connectivity index (χ2n) is 6.79. The number of nitrogens with zero attached hydrogens (tertiary/aromatic N) is 2. The molecule has 0 radical (unpaired) electrons. The normalized spacial score (nSPS) is 12.1. The van der Waals surface area contributed by atoms with E-state index in [1.54, 1.807) is 6.20 Å². The van der Waals surface area contributed by atoms with Crippen molar-refractivity contribution in [1.82, 2.24) is 9.97 Å². The molecule has 0 atom stereocenters. The van der Waals surface area contributed by atoms with Gasteiger partial charge in [0.25, 0.3) is 0 Å². The first kappa shape index (κ1) is 14.1. The third kappa shape index (κ3) is 2.26. The maximum absolute atomic E-state index is 6.14. The van der Waals surface area contributed by atoms with Gasteiger partial charge in [0.05, 0.1) is 13.8 Å². The molecule has 0 aliphatic carbocycles. The maximum atomic E-state index is 6.14. The third-order valence-electron chi connectivity index (χ3n) is 4.15. The number of benzene rings is 1. The van der Waals surface area contributed by atoms with Crippen molar-refractivity contribution in [2.75, 3.05) is 0 Å². The Kier molecular flexibility index (Phi) is 3.09. The minimum Gasteiger partial charge on any atom is -0.437 e. The van der Waals surface area contributed by atoms with Gasteiger partial charge in [0.2, 0.25) is 5.71 Å². The second kappa shape index (κ2) is 5.03. The van der Waals surface area contributed by atoms with Crippen LogP contribution in [0.15, 0.2) is 59.3 Å². The van der Waals surface area contributed by atoms with Crippen molar-refractivity contribution in [2.45, 2.75) is 19.6 Å². The van der Waals surface area contributed by atoms with Gasteiger partial charge in [0.1, 0.15) is 5.58 Å². The SMILES string of the molecule is C[Si](C)(C)c1ccc(-c2ccccn2)c2oc3ncccc3c12. The summed E-state index contributed by atoms with van der Waals surface area (Å²) < 4.78 is 6.14. The van der Waals surface area contributed by atoms with Crippen LogP contribution >= 0.6 is 0 Å². The Balaban J connectivity index is 2.16. The van der Waals surface area contributed by atoms with Gasteiger partial charge in [-0.1, -0.05) is 31.8 Å². The van der Waals surface area contributed by atoms with Gasteiger partial charge in [-0.2, -0.15) is 0 Å². The number of pyridine rings is 2. The molecule has 3 nitrogen and oxygen atoms in total. The van der Waals surface area contributed by atoms with Crippen molar-refractivity contribution >= 4 is 35.3 Å². The monoisotopic (exact) mass is 318 g/mol. The Labute approximate surface area is 136 Å². The summed E-state index contributed by atoms with van der Waals surface area (Å²) in [5, 5.41) is 3.70. The minimum atomic E-state index is -1.51. The van der Waals surface area contributed by atoms with E-state index in [0.717, 1.165) is 22.2 Å². The number of fused-ring (bicyclic) bond motifs is 3. The van der Waals surface area contributed by atoms with Gasteiger partial charge in [-0.15, -0.1) is 0 Å². The largest absolute Gasteiger partial charge is 0.437 e. The predicted octanol–water partition coefficient (Wildman–Crippen LogP) is 4.59. The second-order valence-corrected chi connectivity index (χ2v) is 11.8. The number of aromatic nitrogens is 2. The molecule has 0 fully saturated rings. The minimum absolute atomic E-state index is 0.699. The summed E-state index contributed by atoms with van der Waals surface area (Å²) in [7, 11) is -1.51. The van der Waals surface area contributed by atoms with E-state index in [9.17, 15) is 0 Å². The maximum Gasteiger partial charge on any atom is 0.227 e. The molecule has 0 aliphatic heterocycles. The molecule has 0 N–H and O–H groups in total. The van der Waals surface area contributed by atoms with Gasteiger partial charge >= 0.3 is 0 Å². The fourth-order valence-corrected chi connectivity index (χ4v) is 4.65. The van der Waals surface area contributed by atoms with Gasteiger partial charge in [0.15, 0.2) is 0 Å². The molecule has 0 aliphatic rings. The molecule has 3 heterocycles. The average molecular weight is 318 g/mol. The van der Waals surface area contributed by atoms with E-state index in [4.69, 9.17) is 4.42 Å². The lowest BCUT2D eigenvalue weighted by Crippen LogP contribution is -2.37. The highest BCUT2D eigenvalue weighted by Gasteiger charge is 2.24. The molecule has 0 saturated heterocycles. The Morgan fingerprint density at radius 2 is 1.70 bits per heavy atom. The van der Waals surface area contributed by atoms with Crippen LogP contribution in [0.3, 0.4) is 0 Å². The fourth-order valence-electron chi connectivity index (χ4n) is 3.06. The number of rotatable bonds is 2. The van der Waals surface area contributed by atoms with Crippen molar-refractivity contribution < 1.29 is 4.42 Å². The van der Waals surface area contributed by atoms with Crippen molar-refractivity contribution in [1.29, 1.82) is 0 Å². The zero-order valence-electron chi connectivity index (χ0n) is 13.5. The molecule has 4 rings (SSSR count). The molecular weight excluding hydrogens is 300 g/mol. The molecule has 4 heteroatoms. The molecular formula is C19H18N2OSi. The van der Waals surface area contributed by atoms with Crippen molar-refractivity contribution in [3.8, 4) is 11.3 Å². The van der Waals surface area contributed by atoms with Crippen LogP contribution in [-0.2, 0) is 0 Å². The smallest absolute Gasteiger partial charge is 0.227 e. The van der Waals surface area contributed by atoms with Crippen molar-refractivity contribution in [3.05, 3.63) is 54.9 Å². The van der Waals surface area contributed by atoms with Crippen LogP contribution in [0.1, 0.15) is 0 Å². The summed E-state index contributed by atoms with van der Waals surface area (Å²) in [6, 6.07) is 14.4. The summed E-state index contributed by atoms with van der Waals surface area (Å²) in [4.78, 5) is 8.90. The summed E-state index contributed by atoms with van der Waals surface area (Å²) in [5.41, 5.74) is 3.56. The molecule has 114 valence electrons. The highest BCUT2D eigenvalue weighted by Crippen LogP contribution is 2.34. The molecule has 1 aromatic carbocycles. The lowest BCUT2D eigenvalue weighted by molar-refractivity contribution is 0.655. The van der Waals surface area contributed by atoms with Crippen molar-refractivity contribution in [3.63, 3.8) is 0 Å². The Hall–Kier alpha value is -2.46. The van der Waals surface area contributed by atoms with Gasteiger partial charge in [-0.3, -0.25) is 4.98 Å². The molecule has 23 heavy (non-hydrogen) atoms. The Morgan fingerprint density at radius 1 is 0.870 bits per heavy atom. The summed E-state index contributed by atoms with van der Waals surface area (Å²) >= 11 is 0. The number of hydrogen-bond donors (Lipinski definition) is 0. The predicted molar refractivity (Wildman–Crippen MR) is 97.7 cm³/mol. The lowest BCUT2D eigenvalue weighted by Gasteiger charge is -2.18. The van der Waals surface area contributed by atoms with Crippen LogP contribution in [0, 0.1) is 0 Å². The molecule has 0 saturated carbocycles. The first-order chi connectivity index (χ1) is 11.1. The van der Waals surface area contributed by atoms with E-state index >= 15 is 0 Å². The van der Waals surface area contributed by atoms with Gasteiger partial charge in [-0.05, 0) is 35.5 Å². The van der Waals surface area contributed by atoms with Gasteiger partial charge < -0.3 is 4.42 Å². The van der Waals surface area contributed by atoms with Crippen LogP contribution in [0.4, 0.5) is 0 Å². The van der Waals surface area contributed by atoms with E-state index in [0.29, 0.717) is 5.71 Å².